The van der Waals surface area contributed by atoms with Crippen molar-refractivity contribution >= 4 is 14.6 Å². The van der Waals surface area contributed by atoms with Crippen LogP contribution in [0, 0.1) is 0 Å². The molecule has 2 nitrogen and oxygen atoms in total. The molecule has 3 heteroatoms. The predicted octanol–water partition coefficient (Wildman–Crippen LogP) is 1.52. The highest BCUT2D eigenvalue weighted by atomic mass is 28.4. The van der Waals surface area contributed by atoms with E-state index in [2.05, 4.69) is 6.58 Å². The Morgan fingerprint density at radius 1 is 1.60 bits per heavy atom. The summed E-state index contributed by atoms with van der Waals surface area (Å²) in [6.45, 7) is 8.29. The van der Waals surface area contributed by atoms with Crippen LogP contribution in [0.15, 0.2) is 12.3 Å². The maximum Gasteiger partial charge on any atom is 0.210 e. The summed E-state index contributed by atoms with van der Waals surface area (Å²) in [4.78, 5) is 9.89. The largest absolute Gasteiger partial charge is 0.413 e. The Morgan fingerprint density at radius 2 is 2.20 bits per heavy atom. The van der Waals surface area contributed by atoms with Crippen molar-refractivity contribution in [1.29, 1.82) is 0 Å². The molecule has 0 aromatic rings. The maximum absolute atomic E-state index is 9.89. The highest BCUT2D eigenvalue weighted by Gasteiger charge is 2.15. The van der Waals surface area contributed by atoms with Gasteiger partial charge in [0.15, 0.2) is 0 Å². The number of carbonyl (C=O) groups is 1. The van der Waals surface area contributed by atoms with Crippen LogP contribution >= 0.6 is 0 Å². The quantitative estimate of drug-likeness (QED) is 0.344. The summed E-state index contributed by atoms with van der Waals surface area (Å²) < 4.78 is 5.41. The molecule has 0 aromatic heterocycles. The van der Waals surface area contributed by atoms with Crippen LogP contribution in [0.2, 0.25) is 13.1 Å². The van der Waals surface area contributed by atoms with Gasteiger partial charge in [-0.05, 0) is 13.1 Å². The normalized spacial score (nSPS) is 11.0. The molecule has 0 bridgehead atoms. The topological polar surface area (TPSA) is 26.3 Å². The molecule has 0 N–H and O–H groups in total. The summed E-state index contributed by atoms with van der Waals surface area (Å²) in [5.41, 5.74) is 1.86. The third-order valence-electron chi connectivity index (χ3n) is 1.20. The zero-order valence-electron chi connectivity index (χ0n) is 6.59. The fourth-order valence-electron chi connectivity index (χ4n) is 0.429. The van der Waals surface area contributed by atoms with E-state index in [1.165, 1.54) is 0 Å². The first-order valence-electron chi connectivity index (χ1n) is 3.33. The van der Waals surface area contributed by atoms with E-state index in [9.17, 15) is 4.79 Å². The van der Waals surface area contributed by atoms with Gasteiger partial charge in [0.25, 0.3) is 0 Å². The second kappa shape index (κ2) is 4.41. The fraction of sp³-hybridized carbons (Fsp3) is 0.571. The average molecular weight is 158 g/mol. The van der Waals surface area contributed by atoms with Gasteiger partial charge in [0, 0.05) is 13.0 Å². The molecule has 0 atom stereocenters. The average Bonchev–Trinajstić information content (AvgIpc) is 1.89. The third-order valence-corrected chi connectivity index (χ3v) is 3.13. The van der Waals surface area contributed by atoms with Crippen LogP contribution in [0.25, 0.3) is 0 Å². The summed E-state index contributed by atoms with van der Waals surface area (Å²) in [7, 11) is -1.61. The summed E-state index contributed by atoms with van der Waals surface area (Å²) in [5.74, 6) is 0. The van der Waals surface area contributed by atoms with E-state index in [4.69, 9.17) is 4.43 Å². The van der Waals surface area contributed by atoms with Crippen molar-refractivity contribution in [3.63, 3.8) is 0 Å². The van der Waals surface area contributed by atoms with Gasteiger partial charge in [0.1, 0.15) is 6.29 Å². The Morgan fingerprint density at radius 3 is 2.60 bits per heavy atom. The van der Waals surface area contributed by atoms with E-state index >= 15 is 0 Å². The van der Waals surface area contributed by atoms with Crippen LogP contribution in [-0.4, -0.2) is 21.2 Å². The van der Waals surface area contributed by atoms with E-state index in [1.807, 2.05) is 18.8 Å². The Kier molecular flexibility index (Phi) is 4.23. The van der Waals surface area contributed by atoms with Gasteiger partial charge in [0.05, 0.1) is 0 Å². The van der Waals surface area contributed by atoms with Crippen LogP contribution in [0.5, 0.6) is 0 Å². The minimum atomic E-state index is -1.61. The third kappa shape index (κ3) is 4.46. The van der Waals surface area contributed by atoms with E-state index in [1.54, 1.807) is 0 Å². The lowest BCUT2D eigenvalue weighted by molar-refractivity contribution is -0.108. The lowest BCUT2D eigenvalue weighted by Crippen LogP contribution is -2.27. The van der Waals surface area contributed by atoms with Crippen LogP contribution in [0.3, 0.4) is 0 Å². The second-order valence-electron chi connectivity index (χ2n) is 2.61. The van der Waals surface area contributed by atoms with Gasteiger partial charge in [-0.3, -0.25) is 0 Å². The molecule has 0 spiro atoms. The molecule has 0 radical (unpaired) electrons. The first-order valence-corrected chi connectivity index (χ1v) is 6.32. The molecule has 0 heterocycles. The summed E-state index contributed by atoms with van der Waals surface area (Å²) in [6.07, 6.45) is 1.36. The first kappa shape index (κ1) is 9.59. The lowest BCUT2D eigenvalue weighted by Gasteiger charge is -2.16. The van der Waals surface area contributed by atoms with Gasteiger partial charge in [-0.2, -0.15) is 0 Å². The van der Waals surface area contributed by atoms with Crippen LogP contribution in [0.4, 0.5) is 0 Å². The fourth-order valence-corrected chi connectivity index (χ4v) is 1.19. The number of hydrogen-bond acceptors (Lipinski definition) is 2. The molecular formula is C7H14O2Si. The molecule has 0 aliphatic heterocycles. The van der Waals surface area contributed by atoms with Gasteiger partial charge in [0.2, 0.25) is 8.32 Å². The van der Waals surface area contributed by atoms with Crippen molar-refractivity contribution in [3.05, 3.63) is 12.3 Å². The zero-order chi connectivity index (χ0) is 8.04. The van der Waals surface area contributed by atoms with E-state index in [0.717, 1.165) is 6.29 Å². The number of hydrogen-bond donors (Lipinski definition) is 0. The highest BCUT2D eigenvalue weighted by Crippen LogP contribution is 2.04. The smallest absolute Gasteiger partial charge is 0.210 e. The SMILES string of the molecule is C=C[Si](C)(C)OCCC=O. The number of carbonyl (C=O) groups excluding carboxylic acids is 1. The van der Waals surface area contributed by atoms with Crippen molar-refractivity contribution in [2.24, 2.45) is 0 Å². The molecule has 0 aliphatic carbocycles. The molecular weight excluding hydrogens is 144 g/mol. The Hall–Kier alpha value is -0.413. The molecule has 0 fully saturated rings. The summed E-state index contributed by atoms with van der Waals surface area (Å²) >= 11 is 0. The van der Waals surface area contributed by atoms with Crippen LogP contribution in [0.1, 0.15) is 6.42 Å². The minimum absolute atomic E-state index is 0.490. The van der Waals surface area contributed by atoms with Crippen LogP contribution < -0.4 is 0 Å². The standard InChI is InChI=1S/C7H14O2Si/c1-4-10(2,3)9-7-5-6-8/h4,6H,1,5,7H2,2-3H3. The van der Waals surface area contributed by atoms with Crippen molar-refractivity contribution in [2.75, 3.05) is 6.61 Å². The van der Waals surface area contributed by atoms with E-state index in [0.29, 0.717) is 13.0 Å². The molecule has 0 rings (SSSR count). The first-order chi connectivity index (χ1) is 4.62. The number of rotatable bonds is 5. The molecule has 0 aromatic carbocycles. The van der Waals surface area contributed by atoms with Crippen LogP contribution in [-0.2, 0) is 9.22 Å². The molecule has 0 unspecified atom stereocenters. The van der Waals surface area contributed by atoms with Crippen molar-refractivity contribution in [3.8, 4) is 0 Å². The Balaban J connectivity index is 3.46. The Labute approximate surface area is 63.0 Å². The summed E-state index contributed by atoms with van der Waals surface area (Å²) in [6, 6.07) is 0. The van der Waals surface area contributed by atoms with E-state index < -0.39 is 8.32 Å². The minimum Gasteiger partial charge on any atom is -0.413 e. The Bertz CT molecular complexity index is 121. The van der Waals surface area contributed by atoms with Gasteiger partial charge >= 0.3 is 0 Å². The van der Waals surface area contributed by atoms with E-state index in [-0.39, 0.29) is 0 Å². The lowest BCUT2D eigenvalue weighted by atomic mass is 10.5. The van der Waals surface area contributed by atoms with Gasteiger partial charge < -0.3 is 9.22 Å². The van der Waals surface area contributed by atoms with Gasteiger partial charge in [-0.1, -0.05) is 5.70 Å². The molecule has 0 aliphatic rings. The van der Waals surface area contributed by atoms with Gasteiger partial charge in [-0.15, -0.1) is 6.58 Å². The van der Waals surface area contributed by atoms with Gasteiger partial charge in [-0.25, -0.2) is 0 Å². The maximum atomic E-state index is 9.89. The number of aldehydes is 1. The second-order valence-corrected chi connectivity index (χ2v) is 6.52. The predicted molar refractivity (Wildman–Crippen MR) is 44.3 cm³/mol. The molecule has 0 saturated carbocycles. The molecule has 10 heavy (non-hydrogen) atoms. The van der Waals surface area contributed by atoms with Crippen molar-refractivity contribution < 1.29 is 9.22 Å². The zero-order valence-corrected chi connectivity index (χ0v) is 7.59. The molecule has 58 valence electrons. The van der Waals surface area contributed by atoms with Crippen molar-refractivity contribution in [2.45, 2.75) is 19.5 Å². The monoisotopic (exact) mass is 158 g/mol. The molecule has 0 amide bonds. The molecule has 0 saturated heterocycles. The summed E-state index contributed by atoms with van der Waals surface area (Å²) in [5, 5.41) is 0. The van der Waals surface area contributed by atoms with Crippen molar-refractivity contribution in [1.82, 2.24) is 0 Å². The highest BCUT2D eigenvalue weighted by molar-refractivity contribution is 6.76.